The minimum atomic E-state index is -4.54. The molecule has 3 nitrogen and oxygen atoms in total. The van der Waals surface area contributed by atoms with E-state index in [2.05, 4.69) is 0 Å². The maximum absolute atomic E-state index is 13.2. The van der Waals surface area contributed by atoms with Crippen molar-refractivity contribution in [3.05, 3.63) is 34.9 Å². The highest BCUT2D eigenvalue weighted by molar-refractivity contribution is 6.13. The van der Waals surface area contributed by atoms with E-state index >= 15 is 0 Å². The molecular formula is C14H14ClF3N2O. The van der Waals surface area contributed by atoms with E-state index in [-0.39, 0.29) is 17.5 Å². The summed E-state index contributed by atoms with van der Waals surface area (Å²) < 4.78 is 41.1. The van der Waals surface area contributed by atoms with Crippen molar-refractivity contribution >= 4 is 17.7 Å². The molecule has 7 heteroatoms. The molecule has 0 aromatic heterocycles. The number of alkyl halides is 3. The molecule has 2 aliphatic rings. The lowest BCUT2D eigenvalue weighted by atomic mass is 9.82. The van der Waals surface area contributed by atoms with Crippen LogP contribution in [0.4, 0.5) is 13.2 Å². The maximum atomic E-state index is 13.2. The minimum absolute atomic E-state index is 0.156. The van der Waals surface area contributed by atoms with Crippen LogP contribution in [0.25, 0.3) is 0 Å². The Morgan fingerprint density at radius 2 is 2.05 bits per heavy atom. The number of hydrogen-bond donors (Lipinski definition) is 0. The molecule has 0 aliphatic carbocycles. The van der Waals surface area contributed by atoms with Crippen LogP contribution in [0.15, 0.2) is 18.2 Å². The summed E-state index contributed by atoms with van der Waals surface area (Å²) in [5.74, 6) is -0.717. The maximum Gasteiger partial charge on any atom is 0.417 e. The lowest BCUT2D eigenvalue weighted by Gasteiger charge is -2.38. The SMILES string of the molecule is CCN1C(=O)c2c(cccc2C(F)(F)F)[C@@H]2CN(Cl)C[C@@H]21. The van der Waals surface area contributed by atoms with E-state index < -0.39 is 17.6 Å². The van der Waals surface area contributed by atoms with Gasteiger partial charge in [0.1, 0.15) is 0 Å². The summed E-state index contributed by atoms with van der Waals surface area (Å²) in [7, 11) is 0. The van der Waals surface area contributed by atoms with Crippen LogP contribution in [-0.2, 0) is 6.18 Å². The summed E-state index contributed by atoms with van der Waals surface area (Å²) in [6.07, 6.45) is -4.54. The Kier molecular flexibility index (Phi) is 3.41. The molecule has 0 bridgehead atoms. The monoisotopic (exact) mass is 318 g/mol. The number of likely N-dealkylation sites (N-methyl/N-ethyl adjacent to an activating group) is 1. The number of carbonyl (C=O) groups excluding carboxylic acids is 1. The van der Waals surface area contributed by atoms with Crippen LogP contribution in [0, 0.1) is 0 Å². The van der Waals surface area contributed by atoms with Gasteiger partial charge in [-0.2, -0.15) is 13.2 Å². The fourth-order valence-corrected chi connectivity index (χ4v) is 3.68. The molecule has 0 unspecified atom stereocenters. The van der Waals surface area contributed by atoms with Gasteiger partial charge < -0.3 is 4.90 Å². The van der Waals surface area contributed by atoms with Crippen LogP contribution in [0.3, 0.4) is 0 Å². The first-order chi connectivity index (χ1) is 9.84. The standard InChI is InChI=1S/C14H14ClF3N2O/c1-2-20-11-7-19(15)6-9(11)8-4-3-5-10(14(16,17)18)12(8)13(20)21/h3-5,9,11H,2,6-7H2,1H3/t9-,11-/m0/s1. The second-order valence-corrected chi connectivity index (χ2v) is 5.84. The first-order valence-corrected chi connectivity index (χ1v) is 7.10. The van der Waals surface area contributed by atoms with Crippen molar-refractivity contribution in [2.45, 2.75) is 25.1 Å². The highest BCUT2D eigenvalue weighted by Crippen LogP contribution is 2.43. The molecule has 1 aromatic carbocycles. The highest BCUT2D eigenvalue weighted by atomic mass is 35.5. The van der Waals surface area contributed by atoms with Crippen molar-refractivity contribution in [1.29, 1.82) is 0 Å². The Morgan fingerprint density at radius 3 is 2.67 bits per heavy atom. The lowest BCUT2D eigenvalue weighted by molar-refractivity contribution is -0.138. The van der Waals surface area contributed by atoms with Crippen LogP contribution < -0.4 is 0 Å². The summed E-state index contributed by atoms with van der Waals surface area (Å²) in [6, 6.07) is 3.79. The summed E-state index contributed by atoms with van der Waals surface area (Å²) in [5.41, 5.74) is -0.595. The largest absolute Gasteiger partial charge is 0.417 e. The average Bonchev–Trinajstić information content (AvgIpc) is 2.79. The predicted molar refractivity (Wildman–Crippen MR) is 72.1 cm³/mol. The van der Waals surface area contributed by atoms with Crippen LogP contribution >= 0.6 is 11.8 Å². The number of nitrogens with zero attached hydrogens (tertiary/aromatic N) is 2. The molecule has 0 saturated carbocycles. The predicted octanol–water partition coefficient (Wildman–Crippen LogP) is 3.10. The number of benzene rings is 1. The normalized spacial score (nSPS) is 26.0. The Bertz CT molecular complexity index is 590. The molecule has 2 aliphatic heterocycles. The quantitative estimate of drug-likeness (QED) is 0.743. The van der Waals surface area contributed by atoms with Crippen molar-refractivity contribution in [2.24, 2.45) is 0 Å². The van der Waals surface area contributed by atoms with Gasteiger partial charge in [0.05, 0.1) is 17.2 Å². The van der Waals surface area contributed by atoms with Crippen molar-refractivity contribution in [3.8, 4) is 0 Å². The van der Waals surface area contributed by atoms with Gasteiger partial charge in [0.2, 0.25) is 0 Å². The Labute approximate surface area is 125 Å². The first kappa shape index (κ1) is 14.7. The summed E-state index contributed by atoms with van der Waals surface area (Å²) in [5, 5.41) is 0. The molecule has 1 fully saturated rings. The van der Waals surface area contributed by atoms with Crippen molar-refractivity contribution in [2.75, 3.05) is 19.6 Å². The lowest BCUT2D eigenvalue weighted by Crippen LogP contribution is -2.48. The molecule has 1 amide bonds. The number of hydrogen-bond acceptors (Lipinski definition) is 2. The van der Waals surface area contributed by atoms with Crippen molar-refractivity contribution in [3.63, 3.8) is 0 Å². The number of halogens is 4. The second-order valence-electron chi connectivity index (χ2n) is 5.36. The number of fused-ring (bicyclic) bond motifs is 3. The third kappa shape index (κ3) is 2.21. The van der Waals surface area contributed by atoms with Gasteiger partial charge in [-0.1, -0.05) is 12.1 Å². The van der Waals surface area contributed by atoms with Gasteiger partial charge in [0.15, 0.2) is 0 Å². The van der Waals surface area contributed by atoms with Crippen LogP contribution in [0.2, 0.25) is 0 Å². The van der Waals surface area contributed by atoms with Gasteiger partial charge in [-0.15, -0.1) is 0 Å². The molecule has 3 rings (SSSR count). The zero-order valence-electron chi connectivity index (χ0n) is 11.3. The average molecular weight is 319 g/mol. The third-order valence-electron chi connectivity index (χ3n) is 4.26. The molecule has 114 valence electrons. The zero-order chi connectivity index (χ0) is 15.4. The number of amides is 1. The topological polar surface area (TPSA) is 23.6 Å². The zero-order valence-corrected chi connectivity index (χ0v) is 12.1. The van der Waals surface area contributed by atoms with E-state index in [1.54, 1.807) is 17.4 Å². The Morgan fingerprint density at radius 1 is 1.33 bits per heavy atom. The highest BCUT2D eigenvalue weighted by Gasteiger charge is 2.48. The third-order valence-corrected chi connectivity index (χ3v) is 4.54. The summed E-state index contributed by atoms with van der Waals surface area (Å²) in [4.78, 5) is 14.0. The van der Waals surface area contributed by atoms with E-state index in [1.165, 1.54) is 11.0 Å². The smallest absolute Gasteiger partial charge is 0.334 e. The number of rotatable bonds is 1. The second kappa shape index (κ2) is 4.88. The van der Waals surface area contributed by atoms with Gasteiger partial charge in [0, 0.05) is 25.6 Å². The summed E-state index contributed by atoms with van der Waals surface area (Å²) >= 11 is 6.03. The van der Waals surface area contributed by atoms with Gasteiger partial charge >= 0.3 is 6.18 Å². The van der Waals surface area contributed by atoms with E-state index in [0.29, 0.717) is 25.2 Å². The van der Waals surface area contributed by atoms with Crippen LogP contribution in [0.1, 0.15) is 34.3 Å². The van der Waals surface area contributed by atoms with Crippen LogP contribution in [0.5, 0.6) is 0 Å². The Balaban J connectivity index is 2.20. The van der Waals surface area contributed by atoms with E-state index in [0.717, 1.165) is 6.07 Å². The fraction of sp³-hybridized carbons (Fsp3) is 0.500. The molecule has 2 heterocycles. The molecular weight excluding hydrogens is 305 g/mol. The molecule has 2 atom stereocenters. The van der Waals surface area contributed by atoms with Crippen molar-refractivity contribution < 1.29 is 18.0 Å². The minimum Gasteiger partial charge on any atom is -0.334 e. The van der Waals surface area contributed by atoms with Gasteiger partial charge in [-0.25, -0.2) is 4.42 Å². The molecule has 1 saturated heterocycles. The molecule has 0 radical (unpaired) electrons. The van der Waals surface area contributed by atoms with Gasteiger partial charge in [-0.05, 0) is 30.3 Å². The van der Waals surface area contributed by atoms with Crippen LogP contribution in [-0.4, -0.2) is 40.9 Å². The van der Waals surface area contributed by atoms with Gasteiger partial charge in [0.25, 0.3) is 5.91 Å². The van der Waals surface area contributed by atoms with E-state index in [9.17, 15) is 18.0 Å². The molecule has 21 heavy (non-hydrogen) atoms. The molecule has 0 N–H and O–H groups in total. The molecule has 0 spiro atoms. The van der Waals surface area contributed by atoms with Crippen molar-refractivity contribution in [1.82, 2.24) is 9.32 Å². The Hall–Kier alpha value is -1.27. The molecule has 1 aromatic rings. The first-order valence-electron chi connectivity index (χ1n) is 6.76. The number of carbonyl (C=O) groups is 1. The van der Waals surface area contributed by atoms with Gasteiger partial charge in [-0.3, -0.25) is 4.79 Å². The fourth-order valence-electron chi connectivity index (χ4n) is 3.39. The van der Waals surface area contributed by atoms with E-state index in [1.807, 2.05) is 0 Å². The summed E-state index contributed by atoms with van der Waals surface area (Å²) in [6.45, 7) is 3.06. The van der Waals surface area contributed by atoms with E-state index in [4.69, 9.17) is 11.8 Å².